The number of aryl methyl sites for hydroxylation is 2. The van der Waals surface area contributed by atoms with Crippen LogP contribution in [0.4, 0.5) is 5.82 Å². The van der Waals surface area contributed by atoms with Gasteiger partial charge in [0.1, 0.15) is 17.3 Å². The van der Waals surface area contributed by atoms with Crippen LogP contribution in [0.1, 0.15) is 23.9 Å². The second-order valence-corrected chi connectivity index (χ2v) is 8.89. The van der Waals surface area contributed by atoms with Crippen LogP contribution in [0.3, 0.4) is 0 Å². The Hall–Kier alpha value is -3.98. The van der Waals surface area contributed by atoms with Gasteiger partial charge in [0.2, 0.25) is 0 Å². The van der Waals surface area contributed by atoms with Crippen molar-refractivity contribution in [3.8, 4) is 34.1 Å². The summed E-state index contributed by atoms with van der Waals surface area (Å²) in [6.07, 6.45) is 0.896. The molecule has 38 heavy (non-hydrogen) atoms. The number of methoxy groups -OCH3 is 3. The van der Waals surface area contributed by atoms with E-state index in [-0.39, 0.29) is 0 Å². The molecule has 0 aliphatic rings. The minimum atomic E-state index is 0.614. The molecule has 0 aliphatic carbocycles. The number of benzene rings is 2. The van der Waals surface area contributed by atoms with E-state index >= 15 is 0 Å². The Labute approximate surface area is 224 Å². The van der Waals surface area contributed by atoms with Gasteiger partial charge in [-0.2, -0.15) is 9.61 Å². The van der Waals surface area contributed by atoms with E-state index in [4.69, 9.17) is 29.0 Å². The van der Waals surface area contributed by atoms with Crippen LogP contribution in [0, 0.1) is 13.8 Å². The van der Waals surface area contributed by atoms with E-state index in [1.165, 1.54) is 5.56 Å². The lowest BCUT2D eigenvalue weighted by Crippen LogP contribution is -2.25. The van der Waals surface area contributed by atoms with Crippen molar-refractivity contribution < 1.29 is 18.9 Å². The summed E-state index contributed by atoms with van der Waals surface area (Å²) >= 11 is 0. The maximum absolute atomic E-state index is 5.66. The average molecular weight is 520 g/mol. The van der Waals surface area contributed by atoms with Gasteiger partial charge in [-0.1, -0.05) is 6.07 Å². The summed E-state index contributed by atoms with van der Waals surface area (Å²) in [5, 5.41) is 11.8. The number of hydrogen-bond donors (Lipinski definition) is 2. The van der Waals surface area contributed by atoms with E-state index in [0.717, 1.165) is 83.0 Å². The predicted molar refractivity (Wildman–Crippen MR) is 150 cm³/mol. The second kappa shape index (κ2) is 12.5. The standard InChI is InChI=1S/C29H37N5O4/c1-7-38-24-11-8-21(17-26(24)37-6)12-13-30-14-15-31-27-16-19(2)32-29-28(20(3)33-34(27)29)23-10-9-22(35-4)18-25(23)36-5/h8-11,16-18,30-31H,7,12-15H2,1-6H3. The highest BCUT2D eigenvalue weighted by molar-refractivity contribution is 5.85. The maximum Gasteiger partial charge on any atom is 0.165 e. The molecule has 0 bridgehead atoms. The van der Waals surface area contributed by atoms with E-state index in [1.54, 1.807) is 21.3 Å². The smallest absolute Gasteiger partial charge is 0.165 e. The lowest BCUT2D eigenvalue weighted by atomic mass is 10.0. The molecule has 0 fully saturated rings. The number of hydrogen-bond acceptors (Lipinski definition) is 8. The number of ether oxygens (including phenoxy) is 4. The Morgan fingerprint density at radius 2 is 1.66 bits per heavy atom. The van der Waals surface area contributed by atoms with Gasteiger partial charge in [0.25, 0.3) is 0 Å². The molecule has 2 N–H and O–H groups in total. The van der Waals surface area contributed by atoms with E-state index in [2.05, 4.69) is 16.7 Å². The van der Waals surface area contributed by atoms with E-state index in [0.29, 0.717) is 6.61 Å². The molecule has 0 spiro atoms. The fourth-order valence-electron chi connectivity index (χ4n) is 4.47. The topological polar surface area (TPSA) is 91.2 Å². The molecule has 0 radical (unpaired) electrons. The summed E-state index contributed by atoms with van der Waals surface area (Å²) in [6, 6.07) is 13.9. The first kappa shape index (κ1) is 27.1. The fraction of sp³-hybridized carbons (Fsp3) is 0.379. The zero-order chi connectivity index (χ0) is 27.1. The van der Waals surface area contributed by atoms with Gasteiger partial charge < -0.3 is 29.6 Å². The summed E-state index contributed by atoms with van der Waals surface area (Å²) in [7, 11) is 4.97. The van der Waals surface area contributed by atoms with Crippen molar-refractivity contribution in [3.63, 3.8) is 0 Å². The Morgan fingerprint density at radius 3 is 2.39 bits per heavy atom. The van der Waals surface area contributed by atoms with Crippen LogP contribution in [0.2, 0.25) is 0 Å². The molecule has 4 aromatic rings. The number of rotatable bonds is 13. The molecule has 2 heterocycles. The number of anilines is 1. The monoisotopic (exact) mass is 519 g/mol. The molecular weight excluding hydrogens is 482 g/mol. The van der Waals surface area contributed by atoms with Crippen LogP contribution in [0.25, 0.3) is 16.8 Å². The van der Waals surface area contributed by atoms with Gasteiger partial charge in [-0.3, -0.25) is 0 Å². The SMILES string of the molecule is CCOc1ccc(CCNCCNc2cc(C)nc3c(-c4ccc(OC)cc4OC)c(C)nn23)cc1OC. The fourth-order valence-corrected chi connectivity index (χ4v) is 4.47. The number of aromatic nitrogens is 3. The van der Waals surface area contributed by atoms with Crippen LogP contribution in [-0.2, 0) is 6.42 Å². The summed E-state index contributed by atoms with van der Waals surface area (Å²) < 4.78 is 24.0. The number of fused-ring (bicyclic) bond motifs is 1. The molecule has 9 nitrogen and oxygen atoms in total. The van der Waals surface area contributed by atoms with Gasteiger partial charge in [-0.25, -0.2) is 4.98 Å². The van der Waals surface area contributed by atoms with Crippen molar-refractivity contribution >= 4 is 11.5 Å². The van der Waals surface area contributed by atoms with Crippen molar-refractivity contribution in [2.75, 3.05) is 52.9 Å². The van der Waals surface area contributed by atoms with Crippen molar-refractivity contribution in [1.29, 1.82) is 0 Å². The van der Waals surface area contributed by atoms with Crippen LogP contribution >= 0.6 is 0 Å². The number of nitrogens with zero attached hydrogens (tertiary/aromatic N) is 3. The first-order valence-corrected chi connectivity index (χ1v) is 12.8. The lowest BCUT2D eigenvalue weighted by Gasteiger charge is -2.12. The Morgan fingerprint density at radius 1 is 0.842 bits per heavy atom. The van der Waals surface area contributed by atoms with Crippen LogP contribution in [0.15, 0.2) is 42.5 Å². The summed E-state index contributed by atoms with van der Waals surface area (Å²) in [5.41, 5.74) is 5.64. The highest BCUT2D eigenvalue weighted by Crippen LogP contribution is 2.37. The summed E-state index contributed by atoms with van der Waals surface area (Å²) in [6.45, 7) is 8.96. The van der Waals surface area contributed by atoms with E-state index in [1.807, 2.05) is 61.7 Å². The summed E-state index contributed by atoms with van der Waals surface area (Å²) in [5.74, 6) is 3.89. The lowest BCUT2D eigenvalue weighted by molar-refractivity contribution is 0.310. The molecule has 0 amide bonds. The predicted octanol–water partition coefficient (Wildman–Crippen LogP) is 4.68. The highest BCUT2D eigenvalue weighted by atomic mass is 16.5. The van der Waals surface area contributed by atoms with E-state index in [9.17, 15) is 0 Å². The van der Waals surface area contributed by atoms with Crippen molar-refractivity contribution in [3.05, 3.63) is 59.4 Å². The minimum absolute atomic E-state index is 0.614. The molecule has 0 saturated carbocycles. The first-order valence-electron chi connectivity index (χ1n) is 12.8. The Balaban J connectivity index is 1.41. The second-order valence-electron chi connectivity index (χ2n) is 8.89. The van der Waals surface area contributed by atoms with Gasteiger partial charge in [-0.05, 0) is 63.6 Å². The van der Waals surface area contributed by atoms with Crippen molar-refractivity contribution in [2.45, 2.75) is 27.2 Å². The van der Waals surface area contributed by atoms with Gasteiger partial charge in [0.05, 0.1) is 39.2 Å². The third kappa shape index (κ3) is 5.94. The molecule has 9 heteroatoms. The molecule has 2 aromatic carbocycles. The normalized spacial score (nSPS) is 11.0. The zero-order valence-corrected chi connectivity index (χ0v) is 23.1. The van der Waals surface area contributed by atoms with Gasteiger partial charge >= 0.3 is 0 Å². The third-order valence-corrected chi connectivity index (χ3v) is 6.30. The minimum Gasteiger partial charge on any atom is -0.497 e. The van der Waals surface area contributed by atoms with E-state index < -0.39 is 0 Å². The Bertz CT molecular complexity index is 1390. The van der Waals surface area contributed by atoms with Gasteiger partial charge in [0.15, 0.2) is 17.1 Å². The average Bonchev–Trinajstić information content (AvgIpc) is 3.26. The van der Waals surface area contributed by atoms with Crippen molar-refractivity contribution in [1.82, 2.24) is 19.9 Å². The largest absolute Gasteiger partial charge is 0.497 e. The molecule has 0 aliphatic heterocycles. The van der Waals surface area contributed by atoms with Crippen molar-refractivity contribution in [2.24, 2.45) is 0 Å². The first-order chi connectivity index (χ1) is 18.5. The zero-order valence-electron chi connectivity index (χ0n) is 23.1. The Kier molecular flexibility index (Phi) is 8.91. The van der Waals surface area contributed by atoms with Crippen LogP contribution < -0.4 is 29.6 Å². The quantitative estimate of drug-likeness (QED) is 0.246. The molecule has 0 saturated heterocycles. The van der Waals surface area contributed by atoms with Gasteiger partial charge in [-0.15, -0.1) is 0 Å². The third-order valence-electron chi connectivity index (χ3n) is 6.30. The number of nitrogens with one attached hydrogen (secondary N) is 2. The maximum atomic E-state index is 5.66. The molecule has 4 rings (SSSR count). The molecule has 0 atom stereocenters. The molecular formula is C29H37N5O4. The van der Waals surface area contributed by atoms with Crippen LogP contribution in [0.5, 0.6) is 23.0 Å². The molecule has 202 valence electrons. The van der Waals surface area contributed by atoms with Gasteiger partial charge in [0, 0.05) is 36.5 Å². The summed E-state index contributed by atoms with van der Waals surface area (Å²) in [4.78, 5) is 4.81. The van der Waals surface area contributed by atoms with Crippen LogP contribution in [-0.4, -0.2) is 62.2 Å². The highest BCUT2D eigenvalue weighted by Gasteiger charge is 2.19. The molecule has 2 aromatic heterocycles. The molecule has 0 unspecified atom stereocenters.